The minimum Gasteiger partial charge on any atom is -0.465 e. The van der Waals surface area contributed by atoms with Crippen molar-refractivity contribution in [3.63, 3.8) is 0 Å². The lowest BCUT2D eigenvalue weighted by Crippen LogP contribution is -2.24. The number of oxime groups is 1. The molecule has 1 aromatic rings. The van der Waals surface area contributed by atoms with Gasteiger partial charge in [0.15, 0.2) is 5.92 Å². The van der Waals surface area contributed by atoms with E-state index in [-0.39, 0.29) is 6.61 Å². The third-order valence-corrected chi connectivity index (χ3v) is 1.85. The van der Waals surface area contributed by atoms with Crippen molar-refractivity contribution in [1.29, 1.82) is 0 Å². The number of carbonyl (C=O) groups excluding carboxylic acids is 2. The third kappa shape index (κ3) is 4.06. The fourth-order valence-electron chi connectivity index (χ4n) is 0.916. The fraction of sp³-hybridized carbons (Fsp3) is 0.400. The summed E-state index contributed by atoms with van der Waals surface area (Å²) in [6, 6.07) is 1.64. The number of ether oxygens (including phenoxy) is 1. The highest BCUT2D eigenvalue weighted by molar-refractivity contribution is 5.94. The van der Waals surface area contributed by atoms with Gasteiger partial charge in [-0.15, -0.1) is 0 Å². The quantitative estimate of drug-likeness (QED) is 0.265. The second kappa shape index (κ2) is 6.41. The Morgan fingerprint density at radius 2 is 2.35 bits per heavy atom. The summed E-state index contributed by atoms with van der Waals surface area (Å²) in [6.45, 7) is 3.27. The molecule has 7 heteroatoms. The van der Waals surface area contributed by atoms with E-state index in [0.717, 1.165) is 0 Å². The zero-order valence-corrected chi connectivity index (χ0v) is 9.54. The molecule has 0 aliphatic rings. The van der Waals surface area contributed by atoms with E-state index in [0.29, 0.717) is 5.69 Å². The van der Waals surface area contributed by atoms with E-state index in [4.69, 9.17) is 0 Å². The average molecular weight is 239 g/mol. The number of aromatic nitrogens is 2. The molecule has 17 heavy (non-hydrogen) atoms. The van der Waals surface area contributed by atoms with Crippen molar-refractivity contribution >= 4 is 18.2 Å². The van der Waals surface area contributed by atoms with Gasteiger partial charge in [-0.05, 0) is 19.9 Å². The van der Waals surface area contributed by atoms with E-state index in [1.807, 2.05) is 0 Å². The maximum Gasteiger partial charge on any atom is 0.348 e. The van der Waals surface area contributed by atoms with Gasteiger partial charge in [-0.2, -0.15) is 5.10 Å². The molecule has 1 rings (SSSR count). The van der Waals surface area contributed by atoms with Crippen LogP contribution in [0, 0.1) is 5.92 Å². The zero-order chi connectivity index (χ0) is 12.7. The molecule has 1 heterocycles. The van der Waals surface area contributed by atoms with Gasteiger partial charge in [0, 0.05) is 6.20 Å². The van der Waals surface area contributed by atoms with Crippen LogP contribution < -0.4 is 0 Å². The van der Waals surface area contributed by atoms with Crippen LogP contribution >= 0.6 is 0 Å². The van der Waals surface area contributed by atoms with Crippen LogP contribution in [0.3, 0.4) is 0 Å². The number of rotatable bonds is 5. The SMILES string of the molecule is CCOC(=O)C(C)C(=O)ON=Cc1ccn[nH]1. The molecular formula is C10H13N3O4. The van der Waals surface area contributed by atoms with Gasteiger partial charge in [0.2, 0.25) is 0 Å². The molecule has 0 fully saturated rings. The molecule has 92 valence electrons. The van der Waals surface area contributed by atoms with Gasteiger partial charge in [-0.25, -0.2) is 4.79 Å². The Kier molecular flexibility index (Phi) is 4.86. The molecule has 0 radical (unpaired) electrons. The monoisotopic (exact) mass is 239 g/mol. The van der Waals surface area contributed by atoms with Crippen LogP contribution in [0.15, 0.2) is 17.4 Å². The molecule has 0 aromatic carbocycles. The summed E-state index contributed by atoms with van der Waals surface area (Å²) in [4.78, 5) is 27.0. The number of nitrogens with one attached hydrogen (secondary N) is 1. The van der Waals surface area contributed by atoms with Gasteiger partial charge in [-0.3, -0.25) is 9.89 Å². The largest absolute Gasteiger partial charge is 0.465 e. The van der Waals surface area contributed by atoms with Crippen molar-refractivity contribution in [2.45, 2.75) is 13.8 Å². The Balaban J connectivity index is 2.41. The van der Waals surface area contributed by atoms with Crippen molar-refractivity contribution in [1.82, 2.24) is 10.2 Å². The smallest absolute Gasteiger partial charge is 0.348 e. The summed E-state index contributed by atoms with van der Waals surface area (Å²) in [7, 11) is 0. The van der Waals surface area contributed by atoms with Gasteiger partial charge in [0.1, 0.15) is 0 Å². The maximum absolute atomic E-state index is 11.3. The fourth-order valence-corrected chi connectivity index (χ4v) is 0.916. The van der Waals surface area contributed by atoms with Crippen molar-refractivity contribution < 1.29 is 19.2 Å². The minimum atomic E-state index is -0.992. The summed E-state index contributed by atoms with van der Waals surface area (Å²) in [5.41, 5.74) is 0.585. The Morgan fingerprint density at radius 3 is 2.94 bits per heavy atom. The van der Waals surface area contributed by atoms with Crippen LogP contribution in [0.4, 0.5) is 0 Å². The zero-order valence-electron chi connectivity index (χ0n) is 9.54. The molecule has 0 aliphatic heterocycles. The van der Waals surface area contributed by atoms with E-state index in [1.54, 1.807) is 13.0 Å². The van der Waals surface area contributed by atoms with Crippen molar-refractivity contribution in [2.24, 2.45) is 11.1 Å². The Bertz CT molecular complexity index is 400. The molecule has 1 atom stereocenters. The molecule has 0 spiro atoms. The van der Waals surface area contributed by atoms with Crippen molar-refractivity contribution in [3.8, 4) is 0 Å². The number of H-pyrrole nitrogens is 1. The van der Waals surface area contributed by atoms with Gasteiger partial charge >= 0.3 is 11.9 Å². The highest BCUT2D eigenvalue weighted by Gasteiger charge is 2.24. The lowest BCUT2D eigenvalue weighted by molar-refractivity contribution is -0.160. The van der Waals surface area contributed by atoms with E-state index in [2.05, 4.69) is 24.9 Å². The van der Waals surface area contributed by atoms with E-state index in [9.17, 15) is 9.59 Å². The molecule has 0 aliphatic carbocycles. The van der Waals surface area contributed by atoms with E-state index < -0.39 is 17.9 Å². The number of hydrogen-bond donors (Lipinski definition) is 1. The highest BCUT2D eigenvalue weighted by Crippen LogP contribution is 2.02. The summed E-state index contributed by atoms with van der Waals surface area (Å²) >= 11 is 0. The van der Waals surface area contributed by atoms with Gasteiger partial charge < -0.3 is 9.57 Å². The number of hydrogen-bond acceptors (Lipinski definition) is 6. The lowest BCUT2D eigenvalue weighted by atomic mass is 10.2. The summed E-state index contributed by atoms with van der Waals surface area (Å²) in [5.74, 6) is -2.39. The van der Waals surface area contributed by atoms with Gasteiger partial charge in [0.25, 0.3) is 0 Å². The van der Waals surface area contributed by atoms with E-state index >= 15 is 0 Å². The number of carbonyl (C=O) groups is 2. The van der Waals surface area contributed by atoms with Crippen LogP contribution in [-0.4, -0.2) is 35.0 Å². The molecule has 1 N–H and O–H groups in total. The lowest BCUT2D eigenvalue weighted by Gasteiger charge is -2.06. The Hall–Kier alpha value is -2.18. The minimum absolute atomic E-state index is 0.216. The summed E-state index contributed by atoms with van der Waals surface area (Å²) in [5, 5.41) is 9.70. The second-order valence-electron chi connectivity index (χ2n) is 3.13. The molecule has 1 unspecified atom stereocenters. The third-order valence-electron chi connectivity index (χ3n) is 1.85. The Morgan fingerprint density at radius 1 is 1.59 bits per heavy atom. The first-order valence-corrected chi connectivity index (χ1v) is 5.05. The predicted molar refractivity (Wildman–Crippen MR) is 58.1 cm³/mol. The van der Waals surface area contributed by atoms with Gasteiger partial charge in [0.05, 0.1) is 18.5 Å². The Labute approximate surface area is 97.8 Å². The molecule has 0 bridgehead atoms. The normalized spacial score (nSPS) is 12.4. The molecule has 0 saturated carbocycles. The topological polar surface area (TPSA) is 93.6 Å². The first kappa shape index (κ1) is 12.9. The first-order valence-electron chi connectivity index (χ1n) is 5.05. The predicted octanol–water partition coefficient (Wildman–Crippen LogP) is 0.486. The number of nitrogens with zero attached hydrogens (tertiary/aromatic N) is 2. The standard InChI is InChI=1S/C10H13N3O4/c1-3-16-9(14)7(2)10(15)17-12-6-8-4-5-11-13-8/h4-7H,3H2,1-2H3,(H,11,13). The summed E-state index contributed by atoms with van der Waals surface area (Å²) in [6.07, 6.45) is 2.81. The van der Waals surface area contributed by atoms with E-state index in [1.165, 1.54) is 19.3 Å². The average Bonchev–Trinajstić information content (AvgIpc) is 2.81. The molecule has 0 saturated heterocycles. The van der Waals surface area contributed by atoms with Crippen LogP contribution in [0.25, 0.3) is 0 Å². The van der Waals surface area contributed by atoms with Crippen LogP contribution in [0.1, 0.15) is 19.5 Å². The highest BCUT2D eigenvalue weighted by atomic mass is 16.7. The van der Waals surface area contributed by atoms with Gasteiger partial charge in [-0.1, -0.05) is 5.16 Å². The second-order valence-corrected chi connectivity index (χ2v) is 3.13. The van der Waals surface area contributed by atoms with Crippen LogP contribution in [0.2, 0.25) is 0 Å². The molecular weight excluding hydrogens is 226 g/mol. The number of aromatic amines is 1. The van der Waals surface area contributed by atoms with Crippen LogP contribution in [0.5, 0.6) is 0 Å². The number of esters is 1. The molecule has 1 aromatic heterocycles. The maximum atomic E-state index is 11.3. The first-order chi connectivity index (χ1) is 8.15. The van der Waals surface area contributed by atoms with Crippen LogP contribution in [-0.2, 0) is 19.2 Å². The summed E-state index contributed by atoms with van der Waals surface area (Å²) < 4.78 is 4.67. The molecule has 0 amide bonds. The van der Waals surface area contributed by atoms with Crippen molar-refractivity contribution in [3.05, 3.63) is 18.0 Å². The molecule has 7 nitrogen and oxygen atoms in total. The van der Waals surface area contributed by atoms with Crippen molar-refractivity contribution in [2.75, 3.05) is 6.61 Å².